The molecule has 1 fully saturated rings. The first-order chi connectivity index (χ1) is 16.0. The van der Waals surface area contributed by atoms with E-state index >= 15 is 0 Å². The van der Waals surface area contributed by atoms with Gasteiger partial charge in [-0.25, -0.2) is 14.2 Å². The topological polar surface area (TPSA) is 87.4 Å². The van der Waals surface area contributed by atoms with Crippen LogP contribution in [0.15, 0.2) is 48.7 Å². The quantitative estimate of drug-likeness (QED) is 0.629. The van der Waals surface area contributed by atoms with Crippen molar-refractivity contribution < 1.29 is 9.18 Å². The number of anilines is 2. The van der Waals surface area contributed by atoms with E-state index in [1.807, 2.05) is 6.20 Å². The number of nitrogens with zero attached hydrogens (tertiary/aromatic N) is 4. The number of nitrogen functional groups attached to an aromatic ring is 1. The van der Waals surface area contributed by atoms with Crippen LogP contribution in [0.25, 0.3) is 11.3 Å². The molecule has 33 heavy (non-hydrogen) atoms. The van der Waals surface area contributed by atoms with E-state index < -0.39 is 0 Å². The van der Waals surface area contributed by atoms with Crippen LogP contribution >= 0.6 is 0 Å². The number of nitrogens with two attached hydrogens (primary N) is 1. The Bertz CT molecular complexity index is 1170. The minimum atomic E-state index is -0.316. The molecule has 0 atom stereocenters. The third-order valence-corrected chi connectivity index (χ3v) is 6.55. The molecule has 3 aromatic rings. The molecule has 8 heteroatoms. The fourth-order valence-corrected chi connectivity index (χ4v) is 4.52. The van der Waals surface area contributed by atoms with Crippen LogP contribution in [0.5, 0.6) is 0 Å². The second-order valence-corrected chi connectivity index (χ2v) is 8.88. The lowest BCUT2D eigenvalue weighted by atomic mass is 9.90. The van der Waals surface area contributed by atoms with Gasteiger partial charge in [-0.05, 0) is 86.4 Å². The molecule has 1 aromatic carbocycles. The number of halogens is 1. The van der Waals surface area contributed by atoms with Crippen molar-refractivity contribution in [2.75, 3.05) is 31.2 Å². The second-order valence-electron chi connectivity index (χ2n) is 8.88. The van der Waals surface area contributed by atoms with Crippen LogP contribution in [0.4, 0.5) is 20.7 Å². The van der Waals surface area contributed by atoms with Gasteiger partial charge in [0.15, 0.2) is 5.82 Å². The molecule has 2 aromatic heterocycles. The van der Waals surface area contributed by atoms with E-state index in [0.717, 1.165) is 42.8 Å². The Hall–Kier alpha value is -3.52. The highest BCUT2D eigenvalue weighted by atomic mass is 19.1. The Morgan fingerprint density at radius 1 is 1.12 bits per heavy atom. The van der Waals surface area contributed by atoms with Gasteiger partial charge in [-0.3, -0.25) is 10.3 Å². The molecule has 2 amide bonds. The van der Waals surface area contributed by atoms with Gasteiger partial charge in [0.05, 0.1) is 23.6 Å². The van der Waals surface area contributed by atoms with E-state index in [1.54, 1.807) is 29.2 Å². The van der Waals surface area contributed by atoms with Gasteiger partial charge < -0.3 is 15.5 Å². The summed E-state index contributed by atoms with van der Waals surface area (Å²) in [5.41, 5.74) is 11.1. The van der Waals surface area contributed by atoms with Crippen LogP contribution in [0.2, 0.25) is 0 Å². The van der Waals surface area contributed by atoms with Gasteiger partial charge in [0.2, 0.25) is 0 Å². The van der Waals surface area contributed by atoms with Crippen molar-refractivity contribution in [1.82, 2.24) is 19.8 Å². The zero-order chi connectivity index (χ0) is 22.9. The molecule has 0 unspecified atom stereocenters. The lowest BCUT2D eigenvalue weighted by Crippen LogP contribution is -2.31. The van der Waals surface area contributed by atoms with Gasteiger partial charge >= 0.3 is 6.03 Å². The number of rotatable bonds is 3. The number of carbonyl (C=O) groups is 1. The number of hydrogen-bond acceptors (Lipinski definition) is 5. The summed E-state index contributed by atoms with van der Waals surface area (Å²) in [5.74, 6) is 0.502. The number of pyridine rings is 2. The molecule has 7 nitrogen and oxygen atoms in total. The zero-order valence-electron chi connectivity index (χ0n) is 18.6. The first-order valence-electron chi connectivity index (χ1n) is 11.2. The number of benzene rings is 1. The number of aromatic nitrogens is 2. The van der Waals surface area contributed by atoms with E-state index in [2.05, 4.69) is 33.3 Å². The Morgan fingerprint density at radius 3 is 2.64 bits per heavy atom. The van der Waals surface area contributed by atoms with Gasteiger partial charge in [-0.1, -0.05) is 6.07 Å². The normalized spacial score (nSPS) is 16.6. The van der Waals surface area contributed by atoms with Gasteiger partial charge in [0.25, 0.3) is 0 Å². The monoisotopic (exact) mass is 446 g/mol. The smallest absolute Gasteiger partial charge is 0.323 e. The minimum absolute atomic E-state index is 0.274. The van der Waals surface area contributed by atoms with E-state index in [0.29, 0.717) is 30.4 Å². The molecule has 0 radical (unpaired) electrons. The van der Waals surface area contributed by atoms with Crippen molar-refractivity contribution in [2.45, 2.75) is 31.8 Å². The van der Waals surface area contributed by atoms with Crippen molar-refractivity contribution in [3.05, 3.63) is 71.3 Å². The van der Waals surface area contributed by atoms with Crippen molar-refractivity contribution in [1.29, 1.82) is 0 Å². The highest BCUT2D eigenvalue weighted by Gasteiger charge is 2.27. The number of likely N-dealkylation sites (tertiary alicyclic amines) is 1. The summed E-state index contributed by atoms with van der Waals surface area (Å²) in [6.07, 6.45) is 4.24. The second kappa shape index (κ2) is 8.78. The maximum atomic E-state index is 13.2. The minimum Gasteiger partial charge on any atom is -0.396 e. The molecule has 170 valence electrons. The van der Waals surface area contributed by atoms with Crippen molar-refractivity contribution in [3.63, 3.8) is 0 Å². The summed E-state index contributed by atoms with van der Waals surface area (Å²) >= 11 is 0. The van der Waals surface area contributed by atoms with Crippen molar-refractivity contribution in [2.24, 2.45) is 0 Å². The largest absolute Gasteiger partial charge is 0.396 e. The summed E-state index contributed by atoms with van der Waals surface area (Å²) in [6, 6.07) is 11.4. The number of nitrogens with one attached hydrogen (secondary N) is 1. The van der Waals surface area contributed by atoms with Crippen LogP contribution in [0.3, 0.4) is 0 Å². The first-order valence-corrected chi connectivity index (χ1v) is 11.2. The summed E-state index contributed by atoms with van der Waals surface area (Å²) in [7, 11) is 2.16. The predicted molar refractivity (Wildman–Crippen MR) is 126 cm³/mol. The molecule has 3 N–H and O–H groups in total. The summed E-state index contributed by atoms with van der Waals surface area (Å²) in [6.45, 7) is 3.15. The van der Waals surface area contributed by atoms with E-state index in [9.17, 15) is 9.18 Å². The van der Waals surface area contributed by atoms with Crippen molar-refractivity contribution in [3.8, 4) is 11.3 Å². The van der Waals surface area contributed by atoms with E-state index in [1.165, 1.54) is 17.7 Å². The highest BCUT2D eigenvalue weighted by Crippen LogP contribution is 2.31. The lowest BCUT2D eigenvalue weighted by Gasteiger charge is -2.29. The van der Waals surface area contributed by atoms with Crippen LogP contribution < -0.4 is 11.1 Å². The van der Waals surface area contributed by atoms with Crippen LogP contribution in [0, 0.1) is 5.82 Å². The lowest BCUT2D eigenvalue weighted by molar-refractivity contribution is 0.212. The van der Waals surface area contributed by atoms with Crippen molar-refractivity contribution >= 4 is 17.5 Å². The molecule has 2 aliphatic heterocycles. The maximum Gasteiger partial charge on any atom is 0.323 e. The molecule has 4 heterocycles. The van der Waals surface area contributed by atoms with Crippen LogP contribution in [0.1, 0.15) is 35.6 Å². The molecular weight excluding hydrogens is 419 g/mol. The standard InChI is InChI=1S/C25H27FN6O/c1-31-10-8-16(9-11-31)18-12-19-14-32(15-23(19)28-13-18)25(33)30-24-21(27)6-7-22(29-24)17-2-4-20(26)5-3-17/h2-7,12-13,16H,8-11,14-15,27H2,1H3,(H,29,30,33). The number of amides is 2. The van der Waals surface area contributed by atoms with Gasteiger partial charge in [0, 0.05) is 18.3 Å². The van der Waals surface area contributed by atoms with Gasteiger partial charge in [-0.2, -0.15) is 0 Å². The van der Waals surface area contributed by atoms with E-state index in [-0.39, 0.29) is 17.7 Å². The molecule has 1 saturated heterocycles. The molecule has 0 spiro atoms. The average Bonchev–Trinajstić information content (AvgIpc) is 3.25. The van der Waals surface area contributed by atoms with E-state index in [4.69, 9.17) is 5.73 Å². The maximum absolute atomic E-state index is 13.2. The third-order valence-electron chi connectivity index (χ3n) is 6.55. The molecular formula is C25H27FN6O. The summed E-state index contributed by atoms with van der Waals surface area (Å²) in [5, 5.41) is 2.83. The average molecular weight is 447 g/mol. The number of urea groups is 1. The highest BCUT2D eigenvalue weighted by molar-refractivity contribution is 5.92. The Morgan fingerprint density at radius 2 is 1.88 bits per heavy atom. The SMILES string of the molecule is CN1CCC(c2cnc3c(c2)CN(C(=O)Nc2nc(-c4ccc(F)cc4)ccc2N)C3)CC1. The Labute approximate surface area is 192 Å². The predicted octanol–water partition coefficient (Wildman–Crippen LogP) is 4.22. The van der Waals surface area contributed by atoms with Crippen LogP contribution in [-0.4, -0.2) is 45.9 Å². The van der Waals surface area contributed by atoms with Gasteiger partial charge in [-0.15, -0.1) is 0 Å². The number of fused-ring (bicyclic) bond motifs is 1. The fraction of sp³-hybridized carbons (Fsp3) is 0.320. The zero-order valence-corrected chi connectivity index (χ0v) is 18.6. The molecule has 5 rings (SSSR count). The number of carbonyl (C=O) groups excluding carboxylic acids is 1. The fourth-order valence-electron chi connectivity index (χ4n) is 4.52. The molecule has 0 aliphatic carbocycles. The Balaban J connectivity index is 1.28. The third kappa shape index (κ3) is 4.52. The number of hydrogen-bond donors (Lipinski definition) is 2. The molecule has 2 aliphatic rings. The summed E-state index contributed by atoms with van der Waals surface area (Å²) in [4.78, 5) is 26.2. The molecule has 0 bridgehead atoms. The first kappa shape index (κ1) is 21.3. The van der Waals surface area contributed by atoms with Crippen LogP contribution in [-0.2, 0) is 13.1 Å². The van der Waals surface area contributed by atoms with Gasteiger partial charge in [0.1, 0.15) is 5.82 Å². The molecule has 0 saturated carbocycles. The number of piperidine rings is 1. The summed E-state index contributed by atoms with van der Waals surface area (Å²) < 4.78 is 13.2. The Kier molecular flexibility index (Phi) is 5.68.